The molecule has 2 aromatic carbocycles. The monoisotopic (exact) mass is 536 g/mol. The maximum atomic E-state index is 14.1. The zero-order valence-corrected chi connectivity index (χ0v) is 22.3. The molecule has 2 N–H and O–H groups in total. The second-order valence-corrected chi connectivity index (χ2v) is 10.00. The number of aliphatic hydroxyl groups is 1. The van der Waals surface area contributed by atoms with E-state index in [4.69, 9.17) is 14.2 Å². The van der Waals surface area contributed by atoms with Crippen molar-refractivity contribution >= 4 is 11.9 Å². The van der Waals surface area contributed by atoms with Crippen molar-refractivity contribution in [2.45, 2.75) is 45.9 Å². The molecule has 9 heteroatoms. The molecular weight excluding hydrogens is 503 g/mol. The largest absolute Gasteiger partial charge is 0.494 e. The van der Waals surface area contributed by atoms with Crippen LogP contribution in [0.3, 0.4) is 0 Å². The molecular formula is C30H33FN2O6. The normalized spacial score (nSPS) is 13.6. The fraction of sp³-hybridized carbons (Fsp3) is 0.367. The van der Waals surface area contributed by atoms with Crippen molar-refractivity contribution in [3.8, 4) is 22.8 Å². The summed E-state index contributed by atoms with van der Waals surface area (Å²) in [7, 11) is 1.39. The zero-order valence-electron chi connectivity index (χ0n) is 22.3. The van der Waals surface area contributed by atoms with Crippen molar-refractivity contribution in [3.05, 3.63) is 77.2 Å². The van der Waals surface area contributed by atoms with E-state index in [1.54, 1.807) is 42.6 Å². The van der Waals surface area contributed by atoms with Gasteiger partial charge < -0.3 is 24.6 Å². The molecule has 0 aliphatic heterocycles. The van der Waals surface area contributed by atoms with E-state index in [9.17, 15) is 19.1 Å². The molecule has 3 aromatic rings. The summed E-state index contributed by atoms with van der Waals surface area (Å²) in [5, 5.41) is 13.5. The Balaban J connectivity index is 1.59. The highest BCUT2D eigenvalue weighted by molar-refractivity contribution is 5.98. The number of carbonyl (C=O) groups excluding carboxylic acids is 2. The van der Waals surface area contributed by atoms with Gasteiger partial charge in [-0.3, -0.25) is 14.6 Å². The van der Waals surface area contributed by atoms with Gasteiger partial charge in [-0.25, -0.2) is 4.39 Å². The van der Waals surface area contributed by atoms with Crippen LogP contribution in [0.15, 0.2) is 54.7 Å². The van der Waals surface area contributed by atoms with Crippen LogP contribution in [0, 0.1) is 17.7 Å². The molecule has 1 amide bonds. The van der Waals surface area contributed by atoms with E-state index in [-0.39, 0.29) is 30.2 Å². The molecule has 4 rings (SSSR count). The summed E-state index contributed by atoms with van der Waals surface area (Å²) >= 11 is 0. The maximum absolute atomic E-state index is 14.1. The lowest BCUT2D eigenvalue weighted by atomic mass is 10.0. The molecule has 1 aromatic heterocycles. The molecule has 39 heavy (non-hydrogen) atoms. The first-order chi connectivity index (χ1) is 18.7. The minimum absolute atomic E-state index is 0.0803. The first-order valence-corrected chi connectivity index (χ1v) is 13.0. The second-order valence-electron chi connectivity index (χ2n) is 10.00. The van der Waals surface area contributed by atoms with Crippen molar-refractivity contribution in [1.82, 2.24) is 10.3 Å². The standard InChI is InChI=1S/C30H33FN2O6/c1-18(2)13-27(34)39-30(36)22-5-4-12-32-28(22)21-9-11-25(38-17-19-6-7-19)23(15-21)29(35)33-16-20-8-10-26(37-3)24(31)14-20/h4-5,8-12,14-15,18-19,30,36H,6-7,13,16-17H2,1-3H3,(H,33,35). The van der Waals surface area contributed by atoms with Gasteiger partial charge in [0.05, 0.1) is 25.0 Å². The number of hydrogen-bond acceptors (Lipinski definition) is 7. The van der Waals surface area contributed by atoms with Gasteiger partial charge in [-0.1, -0.05) is 19.9 Å². The van der Waals surface area contributed by atoms with Crippen LogP contribution in [0.2, 0.25) is 0 Å². The Hall–Kier alpha value is -3.98. The minimum Gasteiger partial charge on any atom is -0.494 e. The summed E-state index contributed by atoms with van der Waals surface area (Å²) in [5.41, 5.74) is 2.02. The van der Waals surface area contributed by atoms with Crippen LogP contribution in [-0.2, 0) is 16.1 Å². The van der Waals surface area contributed by atoms with Gasteiger partial charge in [0.1, 0.15) is 5.75 Å². The van der Waals surface area contributed by atoms with Crippen LogP contribution in [0.5, 0.6) is 11.5 Å². The number of carbonyl (C=O) groups is 2. The molecule has 8 nitrogen and oxygen atoms in total. The highest BCUT2D eigenvalue weighted by Gasteiger charge is 2.25. The Morgan fingerprint density at radius 2 is 1.90 bits per heavy atom. The molecule has 1 atom stereocenters. The number of benzene rings is 2. The van der Waals surface area contributed by atoms with E-state index in [1.807, 2.05) is 13.8 Å². The van der Waals surface area contributed by atoms with Crippen molar-refractivity contribution in [2.75, 3.05) is 13.7 Å². The number of nitrogens with one attached hydrogen (secondary N) is 1. The molecule has 1 saturated carbocycles. The zero-order chi connectivity index (χ0) is 27.9. The summed E-state index contributed by atoms with van der Waals surface area (Å²) in [5.74, 6) is -0.374. The van der Waals surface area contributed by atoms with Crippen LogP contribution in [0.1, 0.15) is 60.9 Å². The third-order valence-corrected chi connectivity index (χ3v) is 6.26. The number of ether oxygens (including phenoxy) is 3. The van der Waals surface area contributed by atoms with E-state index in [1.165, 1.54) is 19.2 Å². The van der Waals surface area contributed by atoms with E-state index >= 15 is 0 Å². The Bertz CT molecular complexity index is 1320. The van der Waals surface area contributed by atoms with Gasteiger partial charge in [0.2, 0.25) is 6.29 Å². The summed E-state index contributed by atoms with van der Waals surface area (Å²) < 4.78 is 30.3. The SMILES string of the molecule is COc1ccc(CNC(=O)c2cc(-c3ncccc3C(O)OC(=O)CC(C)C)ccc2OCC2CC2)cc1F. The van der Waals surface area contributed by atoms with Crippen molar-refractivity contribution in [3.63, 3.8) is 0 Å². The molecule has 1 unspecified atom stereocenters. The predicted octanol–water partition coefficient (Wildman–Crippen LogP) is 5.20. The molecule has 0 saturated heterocycles. The van der Waals surface area contributed by atoms with Crippen LogP contribution < -0.4 is 14.8 Å². The van der Waals surface area contributed by atoms with E-state index in [0.29, 0.717) is 40.7 Å². The lowest BCUT2D eigenvalue weighted by molar-refractivity contribution is -0.169. The van der Waals surface area contributed by atoms with Crippen molar-refractivity contribution in [2.24, 2.45) is 11.8 Å². The van der Waals surface area contributed by atoms with Gasteiger partial charge in [-0.2, -0.15) is 0 Å². The first kappa shape index (κ1) is 28.0. The predicted molar refractivity (Wildman–Crippen MR) is 143 cm³/mol. The number of halogens is 1. The Morgan fingerprint density at radius 1 is 1.13 bits per heavy atom. The quantitative estimate of drug-likeness (QED) is 0.242. The van der Waals surface area contributed by atoms with Crippen LogP contribution in [0.4, 0.5) is 4.39 Å². The van der Waals surface area contributed by atoms with Gasteiger partial charge in [0.25, 0.3) is 5.91 Å². The number of amides is 1. The molecule has 0 radical (unpaired) electrons. The highest BCUT2D eigenvalue weighted by Crippen LogP contribution is 2.33. The molecule has 206 valence electrons. The lowest BCUT2D eigenvalue weighted by Gasteiger charge is -2.17. The lowest BCUT2D eigenvalue weighted by Crippen LogP contribution is -2.24. The van der Waals surface area contributed by atoms with Gasteiger partial charge in [0, 0.05) is 30.3 Å². The number of esters is 1. The third kappa shape index (κ3) is 7.54. The minimum atomic E-state index is -1.52. The number of aliphatic hydroxyl groups excluding tert-OH is 1. The van der Waals surface area contributed by atoms with Crippen LogP contribution >= 0.6 is 0 Å². The smallest absolute Gasteiger partial charge is 0.308 e. The van der Waals surface area contributed by atoms with E-state index < -0.39 is 24.0 Å². The van der Waals surface area contributed by atoms with Gasteiger partial charge in [-0.05, 0) is 72.7 Å². The fourth-order valence-electron chi connectivity index (χ4n) is 4.00. The summed E-state index contributed by atoms with van der Waals surface area (Å²) in [6.45, 7) is 4.36. The highest BCUT2D eigenvalue weighted by atomic mass is 19.1. The van der Waals surface area contributed by atoms with Crippen LogP contribution in [0.25, 0.3) is 11.3 Å². The number of aromatic nitrogens is 1. The summed E-state index contributed by atoms with van der Waals surface area (Å²) in [4.78, 5) is 29.9. The first-order valence-electron chi connectivity index (χ1n) is 13.0. The summed E-state index contributed by atoms with van der Waals surface area (Å²) in [6, 6.07) is 12.8. The fourth-order valence-corrected chi connectivity index (χ4v) is 4.00. The Kier molecular flexibility index (Phi) is 9.14. The maximum Gasteiger partial charge on any atom is 0.308 e. The van der Waals surface area contributed by atoms with Crippen molar-refractivity contribution < 1.29 is 33.3 Å². The topological polar surface area (TPSA) is 107 Å². The van der Waals surface area contributed by atoms with Gasteiger partial charge >= 0.3 is 5.97 Å². The average Bonchev–Trinajstić information content (AvgIpc) is 3.74. The van der Waals surface area contributed by atoms with E-state index in [2.05, 4.69) is 10.3 Å². The second kappa shape index (κ2) is 12.7. The third-order valence-electron chi connectivity index (χ3n) is 6.26. The van der Waals surface area contributed by atoms with Gasteiger partial charge in [-0.15, -0.1) is 0 Å². The molecule has 1 fully saturated rings. The number of methoxy groups -OCH3 is 1. The molecule has 1 heterocycles. The number of hydrogen-bond donors (Lipinski definition) is 2. The molecule has 0 bridgehead atoms. The van der Waals surface area contributed by atoms with Crippen molar-refractivity contribution in [1.29, 1.82) is 0 Å². The Morgan fingerprint density at radius 3 is 2.59 bits per heavy atom. The molecule has 1 aliphatic rings. The number of rotatable bonds is 12. The Labute approximate surface area is 227 Å². The van der Waals surface area contributed by atoms with Crippen LogP contribution in [-0.4, -0.2) is 35.7 Å². The van der Waals surface area contributed by atoms with Gasteiger partial charge in [0.15, 0.2) is 11.6 Å². The summed E-state index contributed by atoms with van der Waals surface area (Å²) in [6.07, 6.45) is 2.38. The molecule has 0 spiro atoms. The number of nitrogens with zero attached hydrogens (tertiary/aromatic N) is 1. The average molecular weight is 537 g/mol. The number of pyridine rings is 1. The van der Waals surface area contributed by atoms with E-state index in [0.717, 1.165) is 12.8 Å². The molecule has 1 aliphatic carbocycles.